The molecular formula is C18H24F3N3O. The molecule has 0 aromatic heterocycles. The zero-order valence-electron chi connectivity index (χ0n) is 14.6. The van der Waals surface area contributed by atoms with Crippen LogP contribution in [0.15, 0.2) is 24.3 Å². The Hall–Kier alpha value is -1.60. The van der Waals surface area contributed by atoms with Crippen LogP contribution in [0, 0.1) is 5.82 Å². The van der Waals surface area contributed by atoms with E-state index in [0.29, 0.717) is 25.2 Å². The number of carbonyl (C=O) groups is 1. The molecule has 2 heterocycles. The molecule has 2 saturated heterocycles. The van der Waals surface area contributed by atoms with Gasteiger partial charge in [-0.3, -0.25) is 9.69 Å². The molecule has 0 N–H and O–H groups in total. The predicted octanol–water partition coefficient (Wildman–Crippen LogP) is 1.85. The normalized spacial score (nSPS) is 23.9. The number of hydrogen-bond donors (Lipinski definition) is 0. The zero-order valence-corrected chi connectivity index (χ0v) is 14.6. The predicted molar refractivity (Wildman–Crippen MR) is 89.1 cm³/mol. The molecule has 2 aliphatic rings. The van der Waals surface area contributed by atoms with Gasteiger partial charge in [-0.15, -0.1) is 0 Å². The topological polar surface area (TPSA) is 26.8 Å². The van der Waals surface area contributed by atoms with E-state index < -0.39 is 5.92 Å². The summed E-state index contributed by atoms with van der Waals surface area (Å²) in [4.78, 5) is 17.7. The molecule has 0 saturated carbocycles. The Morgan fingerprint density at radius 2 is 2.04 bits per heavy atom. The number of likely N-dealkylation sites (tertiary alicyclic amines) is 2. The largest absolute Gasteiger partial charge is 0.339 e. The first kappa shape index (κ1) is 18.2. The second-order valence-electron chi connectivity index (χ2n) is 7.41. The van der Waals surface area contributed by atoms with Crippen LogP contribution in [0.3, 0.4) is 0 Å². The van der Waals surface area contributed by atoms with Gasteiger partial charge in [-0.1, -0.05) is 12.1 Å². The molecule has 1 atom stereocenters. The Bertz CT molecular complexity index is 632. The van der Waals surface area contributed by atoms with Gasteiger partial charge in [0.2, 0.25) is 5.91 Å². The average molecular weight is 355 g/mol. The summed E-state index contributed by atoms with van der Waals surface area (Å²) in [7, 11) is 3.76. The maximum Gasteiger partial charge on any atom is 0.262 e. The quantitative estimate of drug-likeness (QED) is 0.807. The van der Waals surface area contributed by atoms with E-state index >= 15 is 0 Å². The first-order valence-electron chi connectivity index (χ1n) is 8.54. The van der Waals surface area contributed by atoms with E-state index in [-0.39, 0.29) is 43.2 Å². The Kier molecular flexibility index (Phi) is 5.06. The first-order chi connectivity index (χ1) is 11.7. The molecule has 138 valence electrons. The summed E-state index contributed by atoms with van der Waals surface area (Å²) in [6, 6.07) is 5.78. The zero-order chi connectivity index (χ0) is 18.2. The van der Waals surface area contributed by atoms with E-state index in [1.807, 2.05) is 23.9 Å². The molecule has 2 aliphatic heterocycles. The number of alkyl halides is 2. The molecule has 3 rings (SSSR count). The highest BCUT2D eigenvalue weighted by Gasteiger charge is 2.50. The van der Waals surface area contributed by atoms with Crippen molar-refractivity contribution in [3.63, 3.8) is 0 Å². The third-order valence-electron chi connectivity index (χ3n) is 4.92. The van der Waals surface area contributed by atoms with Gasteiger partial charge in [0.05, 0.1) is 13.0 Å². The van der Waals surface area contributed by atoms with E-state index in [2.05, 4.69) is 0 Å². The third kappa shape index (κ3) is 4.33. The summed E-state index contributed by atoms with van der Waals surface area (Å²) in [6.07, 6.45) is 0.0146. The van der Waals surface area contributed by atoms with E-state index in [0.717, 1.165) is 0 Å². The molecule has 2 fully saturated rings. The van der Waals surface area contributed by atoms with Crippen LogP contribution >= 0.6 is 0 Å². The van der Waals surface area contributed by atoms with Crippen molar-refractivity contribution in [3.8, 4) is 0 Å². The number of carbonyl (C=O) groups excluding carboxylic acids is 1. The van der Waals surface area contributed by atoms with Gasteiger partial charge >= 0.3 is 0 Å². The van der Waals surface area contributed by atoms with Crippen molar-refractivity contribution in [2.45, 2.75) is 30.8 Å². The summed E-state index contributed by atoms with van der Waals surface area (Å²) < 4.78 is 40.8. The van der Waals surface area contributed by atoms with Gasteiger partial charge in [-0.25, -0.2) is 13.2 Å². The Morgan fingerprint density at radius 3 is 2.68 bits per heavy atom. The third-order valence-corrected chi connectivity index (χ3v) is 4.92. The lowest BCUT2D eigenvalue weighted by Crippen LogP contribution is -2.63. The van der Waals surface area contributed by atoms with Crippen molar-refractivity contribution in [1.29, 1.82) is 0 Å². The lowest BCUT2D eigenvalue weighted by Gasteiger charge is -2.46. The molecule has 1 aromatic carbocycles. The van der Waals surface area contributed by atoms with Crippen LogP contribution in [0.1, 0.15) is 12.0 Å². The number of hydrogen-bond acceptors (Lipinski definition) is 3. The van der Waals surface area contributed by atoms with Crippen molar-refractivity contribution >= 4 is 5.91 Å². The monoisotopic (exact) mass is 355 g/mol. The van der Waals surface area contributed by atoms with Gasteiger partial charge < -0.3 is 9.80 Å². The summed E-state index contributed by atoms with van der Waals surface area (Å²) in [5, 5.41) is 0. The second kappa shape index (κ2) is 6.96. The molecule has 1 aromatic rings. The fourth-order valence-corrected chi connectivity index (χ4v) is 3.74. The van der Waals surface area contributed by atoms with E-state index in [9.17, 15) is 18.0 Å². The fourth-order valence-electron chi connectivity index (χ4n) is 3.74. The minimum Gasteiger partial charge on any atom is -0.339 e. The highest BCUT2D eigenvalue weighted by Crippen LogP contribution is 2.35. The molecular weight excluding hydrogens is 331 g/mol. The molecule has 0 bridgehead atoms. The van der Waals surface area contributed by atoms with Gasteiger partial charge in [-0.2, -0.15) is 0 Å². The Labute approximate surface area is 146 Å². The number of halogens is 3. The molecule has 1 amide bonds. The summed E-state index contributed by atoms with van der Waals surface area (Å²) >= 11 is 0. The summed E-state index contributed by atoms with van der Waals surface area (Å²) in [5.74, 6) is -3.11. The molecule has 25 heavy (non-hydrogen) atoms. The Morgan fingerprint density at radius 1 is 1.32 bits per heavy atom. The van der Waals surface area contributed by atoms with E-state index in [1.165, 1.54) is 12.1 Å². The van der Waals surface area contributed by atoms with Crippen LogP contribution in [0.2, 0.25) is 0 Å². The van der Waals surface area contributed by atoms with E-state index in [1.54, 1.807) is 17.0 Å². The summed E-state index contributed by atoms with van der Waals surface area (Å²) in [6.45, 7) is 1.29. The average Bonchev–Trinajstić information content (AvgIpc) is 2.71. The van der Waals surface area contributed by atoms with Crippen molar-refractivity contribution in [3.05, 3.63) is 35.6 Å². The Balaban J connectivity index is 1.55. The first-order valence-corrected chi connectivity index (χ1v) is 8.54. The van der Waals surface area contributed by atoms with Gasteiger partial charge in [0.15, 0.2) is 0 Å². The van der Waals surface area contributed by atoms with Gasteiger partial charge in [0.1, 0.15) is 5.82 Å². The van der Waals surface area contributed by atoms with Crippen LogP contribution in [0.25, 0.3) is 0 Å². The molecule has 4 nitrogen and oxygen atoms in total. The van der Waals surface area contributed by atoms with Gasteiger partial charge in [0, 0.05) is 38.1 Å². The van der Waals surface area contributed by atoms with E-state index in [4.69, 9.17) is 0 Å². The highest BCUT2D eigenvalue weighted by atomic mass is 19.3. The minimum atomic E-state index is -2.66. The lowest BCUT2D eigenvalue weighted by molar-refractivity contribution is -0.138. The van der Waals surface area contributed by atoms with Crippen molar-refractivity contribution in [1.82, 2.24) is 14.7 Å². The van der Waals surface area contributed by atoms with Gasteiger partial charge in [0.25, 0.3) is 5.92 Å². The number of rotatable bonds is 5. The molecule has 1 unspecified atom stereocenters. The molecule has 0 radical (unpaired) electrons. The fraction of sp³-hybridized carbons (Fsp3) is 0.611. The van der Waals surface area contributed by atoms with Crippen LogP contribution < -0.4 is 0 Å². The van der Waals surface area contributed by atoms with Crippen molar-refractivity contribution in [2.75, 3.05) is 40.3 Å². The highest BCUT2D eigenvalue weighted by molar-refractivity contribution is 5.79. The van der Waals surface area contributed by atoms with Crippen LogP contribution in [-0.4, -0.2) is 78.9 Å². The van der Waals surface area contributed by atoms with Crippen molar-refractivity contribution < 1.29 is 18.0 Å². The van der Waals surface area contributed by atoms with Crippen LogP contribution in [0.5, 0.6) is 0 Å². The second-order valence-corrected chi connectivity index (χ2v) is 7.41. The smallest absolute Gasteiger partial charge is 0.262 e. The maximum atomic E-state index is 13.8. The van der Waals surface area contributed by atoms with Crippen LogP contribution in [-0.2, 0) is 11.2 Å². The number of benzene rings is 1. The molecule has 7 heteroatoms. The minimum absolute atomic E-state index is 0.0187. The molecule has 0 aliphatic carbocycles. The van der Waals surface area contributed by atoms with Gasteiger partial charge in [-0.05, 0) is 31.8 Å². The molecule has 0 spiro atoms. The standard InChI is InChI=1S/C18H24F3N3O/c1-22(2)9-15-8-18(20,21)12-24(15)16-10-23(11-16)17(25)7-13-4-3-5-14(19)6-13/h3-6,15-16H,7-12H2,1-2H3. The van der Waals surface area contributed by atoms with Crippen molar-refractivity contribution in [2.24, 2.45) is 0 Å². The number of amides is 1. The number of nitrogens with zero attached hydrogens (tertiary/aromatic N) is 3. The SMILES string of the molecule is CN(C)CC1CC(F)(F)CN1C1CN(C(=O)Cc2cccc(F)c2)C1. The van der Waals surface area contributed by atoms with Crippen LogP contribution in [0.4, 0.5) is 13.2 Å². The summed E-state index contributed by atoms with van der Waals surface area (Å²) in [5.41, 5.74) is 0.631. The maximum absolute atomic E-state index is 13.8. The number of likely N-dealkylation sites (N-methyl/N-ethyl adjacent to an activating group) is 1. The lowest BCUT2D eigenvalue weighted by atomic mass is 10.0.